The summed E-state index contributed by atoms with van der Waals surface area (Å²) in [7, 11) is 1.84. The Morgan fingerprint density at radius 3 is 2.93 bits per heavy atom. The van der Waals surface area contributed by atoms with Crippen LogP contribution in [0.5, 0.6) is 0 Å². The van der Waals surface area contributed by atoms with Crippen molar-refractivity contribution in [3.8, 4) is 0 Å². The first-order valence-corrected chi connectivity index (χ1v) is 9.40. The van der Waals surface area contributed by atoms with Gasteiger partial charge in [-0.25, -0.2) is 9.37 Å². The standard InChI is InChI=1S/C20H24FN5O2/c1-3-6-16-23-18(28-25-16)10-5-9-17(27)24-19(20-22-11-12-26(20)2)14-7-4-8-15(21)13-14/h4,7-8,11-13,19H,3,5-6,9-10H2,1-2H3,(H,24,27). The lowest BCUT2D eigenvalue weighted by Crippen LogP contribution is -2.31. The first-order valence-electron chi connectivity index (χ1n) is 9.40. The fourth-order valence-corrected chi connectivity index (χ4v) is 2.99. The molecule has 0 aliphatic heterocycles. The Hall–Kier alpha value is -3.03. The van der Waals surface area contributed by atoms with Crippen LogP contribution >= 0.6 is 0 Å². The van der Waals surface area contributed by atoms with E-state index in [-0.39, 0.29) is 11.7 Å². The van der Waals surface area contributed by atoms with Crippen LogP contribution in [0, 0.1) is 5.82 Å². The molecule has 1 N–H and O–H groups in total. The summed E-state index contributed by atoms with van der Waals surface area (Å²) in [5, 5.41) is 6.87. The van der Waals surface area contributed by atoms with Gasteiger partial charge in [-0.3, -0.25) is 4.79 Å². The number of hydrogen-bond acceptors (Lipinski definition) is 5. The van der Waals surface area contributed by atoms with Crippen LogP contribution in [0.3, 0.4) is 0 Å². The van der Waals surface area contributed by atoms with Crippen molar-refractivity contribution in [1.82, 2.24) is 25.0 Å². The summed E-state index contributed by atoms with van der Waals surface area (Å²) < 4.78 is 20.7. The van der Waals surface area contributed by atoms with Gasteiger partial charge < -0.3 is 14.4 Å². The van der Waals surface area contributed by atoms with Gasteiger partial charge in [0.15, 0.2) is 5.82 Å². The minimum Gasteiger partial charge on any atom is -0.342 e. The highest BCUT2D eigenvalue weighted by atomic mass is 19.1. The summed E-state index contributed by atoms with van der Waals surface area (Å²) in [6.07, 6.45) is 6.59. The zero-order chi connectivity index (χ0) is 19.9. The summed E-state index contributed by atoms with van der Waals surface area (Å²) in [6, 6.07) is 5.65. The molecule has 2 heterocycles. The number of benzene rings is 1. The molecule has 1 aromatic carbocycles. The molecule has 7 nitrogen and oxygen atoms in total. The number of nitrogens with zero attached hydrogens (tertiary/aromatic N) is 4. The number of carbonyl (C=O) groups excluding carboxylic acids is 1. The van der Waals surface area contributed by atoms with E-state index in [1.165, 1.54) is 12.1 Å². The van der Waals surface area contributed by atoms with Crippen molar-refractivity contribution in [2.24, 2.45) is 7.05 Å². The van der Waals surface area contributed by atoms with Gasteiger partial charge in [-0.1, -0.05) is 24.2 Å². The second-order valence-electron chi connectivity index (χ2n) is 6.66. The van der Waals surface area contributed by atoms with E-state index in [9.17, 15) is 9.18 Å². The number of imidazole rings is 1. The number of hydrogen-bond donors (Lipinski definition) is 1. The predicted molar refractivity (Wildman–Crippen MR) is 101 cm³/mol. The van der Waals surface area contributed by atoms with Crippen molar-refractivity contribution in [1.29, 1.82) is 0 Å². The van der Waals surface area contributed by atoms with Crippen LogP contribution in [0.4, 0.5) is 4.39 Å². The first kappa shape index (κ1) is 19.7. The Morgan fingerprint density at radius 2 is 2.21 bits per heavy atom. The van der Waals surface area contributed by atoms with Crippen LogP contribution in [0.15, 0.2) is 41.2 Å². The summed E-state index contributed by atoms with van der Waals surface area (Å²) in [5.74, 6) is 1.38. The van der Waals surface area contributed by atoms with Gasteiger partial charge in [0.05, 0.1) is 0 Å². The van der Waals surface area contributed by atoms with Gasteiger partial charge in [-0.15, -0.1) is 0 Å². The molecule has 0 saturated carbocycles. The predicted octanol–water partition coefficient (Wildman–Crippen LogP) is 3.12. The molecule has 3 aromatic rings. The van der Waals surface area contributed by atoms with Gasteiger partial charge >= 0.3 is 0 Å². The van der Waals surface area contributed by atoms with E-state index in [2.05, 4.69) is 27.4 Å². The largest absolute Gasteiger partial charge is 0.342 e. The Kier molecular flexibility index (Phi) is 6.52. The molecule has 0 saturated heterocycles. The molecule has 0 aliphatic carbocycles. The Morgan fingerprint density at radius 1 is 1.36 bits per heavy atom. The van der Waals surface area contributed by atoms with E-state index in [1.807, 2.05) is 11.6 Å². The number of nitrogens with one attached hydrogen (secondary N) is 1. The monoisotopic (exact) mass is 385 g/mol. The van der Waals surface area contributed by atoms with Gasteiger partial charge in [0.2, 0.25) is 11.8 Å². The molecule has 8 heteroatoms. The van der Waals surface area contributed by atoms with Gasteiger partial charge in [-0.2, -0.15) is 4.98 Å². The molecule has 0 radical (unpaired) electrons. The Labute approximate surface area is 163 Å². The van der Waals surface area contributed by atoms with Gasteiger partial charge in [-0.05, 0) is 30.5 Å². The number of aryl methyl sites for hydroxylation is 3. The zero-order valence-electron chi connectivity index (χ0n) is 16.1. The Balaban J connectivity index is 1.62. The highest BCUT2D eigenvalue weighted by Crippen LogP contribution is 2.21. The molecule has 0 spiro atoms. The fourth-order valence-electron chi connectivity index (χ4n) is 2.99. The van der Waals surface area contributed by atoms with Crippen LogP contribution < -0.4 is 5.32 Å². The lowest BCUT2D eigenvalue weighted by molar-refractivity contribution is -0.121. The maximum absolute atomic E-state index is 13.7. The van der Waals surface area contributed by atoms with Crippen molar-refractivity contribution in [2.45, 2.75) is 45.1 Å². The summed E-state index contributed by atoms with van der Waals surface area (Å²) in [4.78, 5) is 21.1. The van der Waals surface area contributed by atoms with E-state index < -0.39 is 6.04 Å². The van der Waals surface area contributed by atoms with Crippen LogP contribution in [0.2, 0.25) is 0 Å². The van der Waals surface area contributed by atoms with Crippen LogP contribution in [-0.4, -0.2) is 25.6 Å². The van der Waals surface area contributed by atoms with E-state index in [0.29, 0.717) is 42.4 Å². The van der Waals surface area contributed by atoms with E-state index in [0.717, 1.165) is 12.8 Å². The normalized spacial score (nSPS) is 12.1. The highest BCUT2D eigenvalue weighted by molar-refractivity contribution is 5.76. The maximum atomic E-state index is 13.7. The second kappa shape index (κ2) is 9.25. The van der Waals surface area contributed by atoms with Crippen molar-refractivity contribution >= 4 is 5.91 Å². The average molecular weight is 385 g/mol. The molecule has 0 bridgehead atoms. The van der Waals surface area contributed by atoms with Gasteiger partial charge in [0.1, 0.15) is 17.7 Å². The van der Waals surface area contributed by atoms with Gasteiger partial charge in [0, 0.05) is 38.7 Å². The van der Waals surface area contributed by atoms with E-state index in [1.54, 1.807) is 24.5 Å². The molecule has 2 aromatic heterocycles. The lowest BCUT2D eigenvalue weighted by atomic mass is 10.1. The number of amides is 1. The molecular weight excluding hydrogens is 361 g/mol. The van der Waals surface area contributed by atoms with Crippen LogP contribution in [0.1, 0.15) is 55.3 Å². The summed E-state index contributed by atoms with van der Waals surface area (Å²) in [6.45, 7) is 2.05. The number of halogens is 1. The van der Waals surface area contributed by atoms with Crippen molar-refractivity contribution in [3.05, 3.63) is 65.6 Å². The molecule has 1 amide bonds. The number of rotatable bonds is 9. The molecule has 0 fully saturated rings. The summed E-state index contributed by atoms with van der Waals surface area (Å²) >= 11 is 0. The topological polar surface area (TPSA) is 85.8 Å². The quantitative estimate of drug-likeness (QED) is 0.612. The summed E-state index contributed by atoms with van der Waals surface area (Å²) in [5.41, 5.74) is 0.642. The number of carbonyl (C=O) groups is 1. The van der Waals surface area contributed by atoms with Crippen molar-refractivity contribution in [2.75, 3.05) is 0 Å². The molecule has 3 rings (SSSR count). The fraction of sp³-hybridized carbons (Fsp3) is 0.400. The van der Waals surface area contributed by atoms with Crippen molar-refractivity contribution in [3.63, 3.8) is 0 Å². The van der Waals surface area contributed by atoms with E-state index in [4.69, 9.17) is 4.52 Å². The molecule has 148 valence electrons. The smallest absolute Gasteiger partial charge is 0.226 e. The molecule has 0 aliphatic rings. The van der Waals surface area contributed by atoms with Crippen LogP contribution in [0.25, 0.3) is 0 Å². The molecule has 28 heavy (non-hydrogen) atoms. The zero-order valence-corrected chi connectivity index (χ0v) is 16.1. The average Bonchev–Trinajstić information content (AvgIpc) is 3.29. The molecule has 1 atom stereocenters. The third-order valence-electron chi connectivity index (χ3n) is 4.38. The minimum atomic E-state index is -0.525. The van der Waals surface area contributed by atoms with Gasteiger partial charge in [0.25, 0.3) is 0 Å². The van der Waals surface area contributed by atoms with E-state index >= 15 is 0 Å². The third kappa shape index (κ3) is 5.03. The lowest BCUT2D eigenvalue weighted by Gasteiger charge is -2.19. The SMILES string of the molecule is CCCc1noc(CCCC(=O)NC(c2cccc(F)c2)c2nccn2C)n1. The molecule has 1 unspecified atom stereocenters. The highest BCUT2D eigenvalue weighted by Gasteiger charge is 2.21. The van der Waals surface area contributed by atoms with Crippen molar-refractivity contribution < 1.29 is 13.7 Å². The first-order chi connectivity index (χ1) is 13.6. The number of aromatic nitrogens is 4. The second-order valence-corrected chi connectivity index (χ2v) is 6.66. The maximum Gasteiger partial charge on any atom is 0.226 e. The molecular formula is C20H24FN5O2. The minimum absolute atomic E-state index is 0.148. The van der Waals surface area contributed by atoms with Crippen LogP contribution in [-0.2, 0) is 24.7 Å². The third-order valence-corrected chi connectivity index (χ3v) is 4.38. The Bertz CT molecular complexity index is 921.